The molecular formula is C12H11NOS. The van der Waals surface area contributed by atoms with Gasteiger partial charge in [-0.2, -0.15) is 0 Å². The Balaban J connectivity index is 2.53. The number of hydrogen-bond acceptors (Lipinski definition) is 3. The standard InChI is InChI=1S/C12H11NOS/c1-8-4-3-5-11(9(8)2)12-13-6-10(7-14)15-12/h3-7H,1-2H3. The number of aromatic nitrogens is 1. The minimum absolute atomic E-state index is 0.672. The van der Waals surface area contributed by atoms with Gasteiger partial charge >= 0.3 is 0 Å². The van der Waals surface area contributed by atoms with Crippen LogP contribution in [0.2, 0.25) is 0 Å². The zero-order valence-corrected chi connectivity index (χ0v) is 9.47. The predicted molar refractivity (Wildman–Crippen MR) is 62.4 cm³/mol. The molecule has 0 atom stereocenters. The third kappa shape index (κ3) is 1.83. The molecule has 0 aliphatic heterocycles. The molecule has 0 amide bonds. The number of carbonyl (C=O) groups is 1. The first kappa shape index (κ1) is 10.1. The molecule has 0 radical (unpaired) electrons. The van der Waals surface area contributed by atoms with Crippen molar-refractivity contribution in [3.63, 3.8) is 0 Å². The molecule has 0 spiro atoms. The highest BCUT2D eigenvalue weighted by atomic mass is 32.1. The van der Waals surface area contributed by atoms with Gasteiger partial charge in [-0.3, -0.25) is 4.79 Å². The Morgan fingerprint density at radius 3 is 2.80 bits per heavy atom. The summed E-state index contributed by atoms with van der Waals surface area (Å²) >= 11 is 1.43. The molecule has 1 aromatic heterocycles. The van der Waals surface area contributed by atoms with E-state index >= 15 is 0 Å². The molecule has 15 heavy (non-hydrogen) atoms. The zero-order valence-electron chi connectivity index (χ0n) is 8.65. The van der Waals surface area contributed by atoms with Crippen LogP contribution in [-0.2, 0) is 0 Å². The number of aryl methyl sites for hydroxylation is 1. The fraction of sp³-hybridized carbons (Fsp3) is 0.167. The van der Waals surface area contributed by atoms with Gasteiger partial charge in [0.25, 0.3) is 0 Å². The smallest absolute Gasteiger partial charge is 0.161 e. The van der Waals surface area contributed by atoms with Crippen LogP contribution in [0.3, 0.4) is 0 Å². The molecule has 0 N–H and O–H groups in total. The van der Waals surface area contributed by atoms with Crippen LogP contribution in [0.4, 0.5) is 0 Å². The van der Waals surface area contributed by atoms with Crippen LogP contribution in [0.1, 0.15) is 20.8 Å². The highest BCUT2D eigenvalue weighted by Gasteiger charge is 2.07. The topological polar surface area (TPSA) is 30.0 Å². The number of carbonyl (C=O) groups excluding carboxylic acids is 1. The van der Waals surface area contributed by atoms with Gasteiger partial charge in [-0.1, -0.05) is 18.2 Å². The number of thiazole rings is 1. The van der Waals surface area contributed by atoms with Crippen molar-refractivity contribution in [2.24, 2.45) is 0 Å². The van der Waals surface area contributed by atoms with E-state index in [4.69, 9.17) is 0 Å². The molecule has 2 nitrogen and oxygen atoms in total. The van der Waals surface area contributed by atoms with E-state index < -0.39 is 0 Å². The Morgan fingerprint density at radius 1 is 1.33 bits per heavy atom. The normalized spacial score (nSPS) is 10.3. The van der Waals surface area contributed by atoms with Gasteiger partial charge in [-0.15, -0.1) is 11.3 Å². The molecule has 0 fully saturated rings. The van der Waals surface area contributed by atoms with Crippen molar-refractivity contribution < 1.29 is 4.79 Å². The lowest BCUT2D eigenvalue weighted by Gasteiger charge is -2.04. The van der Waals surface area contributed by atoms with E-state index in [1.807, 2.05) is 12.1 Å². The molecule has 0 saturated carbocycles. The van der Waals surface area contributed by atoms with Crippen molar-refractivity contribution in [1.82, 2.24) is 4.98 Å². The summed E-state index contributed by atoms with van der Waals surface area (Å²) in [4.78, 5) is 15.5. The Bertz CT molecular complexity index is 502. The second-order valence-electron chi connectivity index (χ2n) is 3.43. The van der Waals surface area contributed by atoms with Gasteiger partial charge in [0.1, 0.15) is 5.01 Å². The molecule has 0 aliphatic rings. The Labute approximate surface area is 92.6 Å². The van der Waals surface area contributed by atoms with Crippen molar-refractivity contribution in [2.75, 3.05) is 0 Å². The van der Waals surface area contributed by atoms with Gasteiger partial charge in [0.2, 0.25) is 0 Å². The summed E-state index contributed by atoms with van der Waals surface area (Å²) in [6.45, 7) is 4.15. The molecule has 0 aliphatic carbocycles. The maximum atomic E-state index is 10.6. The summed E-state index contributed by atoms with van der Waals surface area (Å²) < 4.78 is 0. The molecule has 0 unspecified atom stereocenters. The van der Waals surface area contributed by atoms with Crippen molar-refractivity contribution >= 4 is 17.6 Å². The second kappa shape index (κ2) is 3.95. The predicted octanol–water partition coefficient (Wildman–Crippen LogP) is 3.24. The average molecular weight is 217 g/mol. The van der Waals surface area contributed by atoms with Crippen molar-refractivity contribution in [1.29, 1.82) is 0 Å². The van der Waals surface area contributed by atoms with Gasteiger partial charge in [0.05, 0.1) is 4.88 Å². The Morgan fingerprint density at radius 2 is 2.13 bits per heavy atom. The van der Waals surface area contributed by atoms with E-state index in [-0.39, 0.29) is 0 Å². The largest absolute Gasteiger partial charge is 0.297 e. The lowest BCUT2D eigenvalue weighted by molar-refractivity contribution is 0.112. The SMILES string of the molecule is Cc1cccc(-c2ncc(C=O)s2)c1C. The van der Waals surface area contributed by atoms with Gasteiger partial charge in [-0.25, -0.2) is 4.98 Å². The molecule has 2 aromatic rings. The van der Waals surface area contributed by atoms with Crippen LogP contribution in [0.15, 0.2) is 24.4 Å². The maximum absolute atomic E-state index is 10.6. The molecule has 0 saturated heterocycles. The Kier molecular flexibility index (Phi) is 2.64. The summed E-state index contributed by atoms with van der Waals surface area (Å²) in [7, 11) is 0. The number of benzene rings is 1. The number of hydrogen-bond donors (Lipinski definition) is 0. The quantitative estimate of drug-likeness (QED) is 0.723. The van der Waals surface area contributed by atoms with Crippen LogP contribution in [0.5, 0.6) is 0 Å². The van der Waals surface area contributed by atoms with E-state index in [1.165, 1.54) is 22.5 Å². The summed E-state index contributed by atoms with van der Waals surface area (Å²) in [6.07, 6.45) is 2.46. The highest BCUT2D eigenvalue weighted by molar-refractivity contribution is 7.16. The first-order valence-electron chi connectivity index (χ1n) is 4.70. The van der Waals surface area contributed by atoms with Gasteiger partial charge in [-0.05, 0) is 25.0 Å². The van der Waals surface area contributed by atoms with Crippen LogP contribution < -0.4 is 0 Å². The minimum Gasteiger partial charge on any atom is -0.297 e. The summed E-state index contributed by atoms with van der Waals surface area (Å²) in [5.74, 6) is 0. The molecule has 1 aromatic carbocycles. The maximum Gasteiger partial charge on any atom is 0.161 e. The van der Waals surface area contributed by atoms with Gasteiger partial charge in [0.15, 0.2) is 6.29 Å². The highest BCUT2D eigenvalue weighted by Crippen LogP contribution is 2.28. The van der Waals surface area contributed by atoms with E-state index in [2.05, 4.69) is 24.9 Å². The van der Waals surface area contributed by atoms with E-state index in [0.29, 0.717) is 4.88 Å². The fourth-order valence-electron chi connectivity index (χ4n) is 1.45. The molecule has 3 heteroatoms. The van der Waals surface area contributed by atoms with Crippen LogP contribution in [-0.4, -0.2) is 11.3 Å². The van der Waals surface area contributed by atoms with Crippen molar-refractivity contribution in [3.05, 3.63) is 40.4 Å². The van der Waals surface area contributed by atoms with Gasteiger partial charge < -0.3 is 0 Å². The third-order valence-corrected chi connectivity index (χ3v) is 3.43. The third-order valence-electron chi connectivity index (χ3n) is 2.47. The van der Waals surface area contributed by atoms with E-state index in [0.717, 1.165) is 16.9 Å². The van der Waals surface area contributed by atoms with Crippen molar-refractivity contribution in [2.45, 2.75) is 13.8 Å². The van der Waals surface area contributed by atoms with E-state index in [9.17, 15) is 4.79 Å². The fourth-order valence-corrected chi connectivity index (χ4v) is 2.26. The molecular weight excluding hydrogens is 206 g/mol. The van der Waals surface area contributed by atoms with Crippen LogP contribution >= 0.6 is 11.3 Å². The monoisotopic (exact) mass is 217 g/mol. The van der Waals surface area contributed by atoms with Gasteiger partial charge in [0, 0.05) is 11.8 Å². The molecule has 1 heterocycles. The zero-order chi connectivity index (χ0) is 10.8. The first-order chi connectivity index (χ1) is 7.22. The number of rotatable bonds is 2. The van der Waals surface area contributed by atoms with Crippen LogP contribution in [0.25, 0.3) is 10.6 Å². The molecule has 0 bridgehead atoms. The van der Waals surface area contributed by atoms with E-state index in [1.54, 1.807) is 6.20 Å². The second-order valence-corrected chi connectivity index (χ2v) is 4.50. The Hall–Kier alpha value is -1.48. The number of nitrogens with zero attached hydrogens (tertiary/aromatic N) is 1. The number of aldehydes is 1. The molecule has 76 valence electrons. The first-order valence-corrected chi connectivity index (χ1v) is 5.51. The average Bonchev–Trinajstić information content (AvgIpc) is 2.70. The summed E-state index contributed by atoms with van der Waals surface area (Å²) in [5, 5.41) is 0.915. The lowest BCUT2D eigenvalue weighted by Crippen LogP contribution is -1.85. The molecule has 2 rings (SSSR count). The summed E-state index contributed by atoms with van der Waals surface area (Å²) in [5.41, 5.74) is 3.59. The lowest BCUT2D eigenvalue weighted by atomic mass is 10.0. The van der Waals surface area contributed by atoms with Crippen molar-refractivity contribution in [3.8, 4) is 10.6 Å². The summed E-state index contributed by atoms with van der Waals surface area (Å²) in [6, 6.07) is 6.13. The van der Waals surface area contributed by atoms with Crippen LogP contribution in [0, 0.1) is 13.8 Å². The minimum atomic E-state index is 0.672.